The number of hydrogen-bond donors (Lipinski definition) is 1. The van der Waals surface area contributed by atoms with Gasteiger partial charge >= 0.3 is 0 Å². The number of methoxy groups -OCH3 is 1. The van der Waals surface area contributed by atoms with E-state index in [1.54, 1.807) is 13.3 Å². The largest absolute Gasteiger partial charge is 0.481 e. The van der Waals surface area contributed by atoms with Crippen LogP contribution in [0.3, 0.4) is 0 Å². The van der Waals surface area contributed by atoms with Crippen molar-refractivity contribution in [1.82, 2.24) is 15.0 Å². The van der Waals surface area contributed by atoms with Gasteiger partial charge in [-0.2, -0.15) is 0 Å². The van der Waals surface area contributed by atoms with Crippen molar-refractivity contribution in [2.24, 2.45) is 0 Å². The lowest BCUT2D eigenvalue weighted by molar-refractivity contribution is 0.393. The zero-order valence-corrected chi connectivity index (χ0v) is 20.4. The third-order valence-corrected chi connectivity index (χ3v) is 6.65. The minimum atomic E-state index is 0.348. The highest BCUT2D eigenvalue weighted by Crippen LogP contribution is 2.41. The minimum Gasteiger partial charge on any atom is -0.481 e. The SMILES string of the molecule is CCc1nc(-c2cccnc2C2CCC2)cc(NCc2cccnc2OC)c1N(C)C(C)C. The van der Waals surface area contributed by atoms with Crippen LogP contribution in [0, 0.1) is 0 Å². The van der Waals surface area contributed by atoms with Crippen LogP contribution in [-0.4, -0.2) is 35.2 Å². The highest BCUT2D eigenvalue weighted by Gasteiger charge is 2.26. The van der Waals surface area contributed by atoms with E-state index in [9.17, 15) is 0 Å². The molecule has 0 saturated heterocycles. The molecule has 0 atom stereocenters. The van der Waals surface area contributed by atoms with E-state index in [-0.39, 0.29) is 0 Å². The second kappa shape index (κ2) is 10.2. The van der Waals surface area contributed by atoms with E-state index in [0.29, 0.717) is 24.4 Å². The molecule has 1 saturated carbocycles. The lowest BCUT2D eigenvalue weighted by Crippen LogP contribution is -2.28. The molecule has 6 heteroatoms. The molecule has 3 aromatic heterocycles. The predicted octanol–water partition coefficient (Wildman–Crippen LogP) is 5.83. The number of aryl methyl sites for hydroxylation is 1. The number of nitrogens with one attached hydrogen (secondary N) is 1. The average molecular weight is 446 g/mol. The molecule has 33 heavy (non-hydrogen) atoms. The van der Waals surface area contributed by atoms with Crippen molar-refractivity contribution < 1.29 is 4.74 Å². The first-order valence-corrected chi connectivity index (χ1v) is 12.0. The zero-order valence-electron chi connectivity index (χ0n) is 20.4. The number of nitrogens with zero attached hydrogens (tertiary/aromatic N) is 4. The summed E-state index contributed by atoms with van der Waals surface area (Å²) in [5.74, 6) is 1.19. The second-order valence-corrected chi connectivity index (χ2v) is 9.00. The molecule has 0 aromatic carbocycles. The first-order chi connectivity index (χ1) is 16.0. The van der Waals surface area contributed by atoms with Crippen LogP contribution in [0.1, 0.15) is 62.9 Å². The van der Waals surface area contributed by atoms with E-state index in [1.807, 2.05) is 24.4 Å². The molecule has 1 fully saturated rings. The Morgan fingerprint density at radius 1 is 1.15 bits per heavy atom. The van der Waals surface area contributed by atoms with Gasteiger partial charge in [-0.05, 0) is 57.4 Å². The Balaban J connectivity index is 1.79. The molecule has 1 aliphatic carbocycles. The Morgan fingerprint density at radius 2 is 1.91 bits per heavy atom. The lowest BCUT2D eigenvalue weighted by atomic mass is 9.80. The molecule has 3 aromatic rings. The number of aromatic nitrogens is 3. The Morgan fingerprint density at radius 3 is 2.58 bits per heavy atom. The third kappa shape index (κ3) is 4.80. The maximum atomic E-state index is 5.47. The van der Waals surface area contributed by atoms with Crippen LogP contribution in [0.2, 0.25) is 0 Å². The molecule has 1 aliphatic rings. The number of anilines is 2. The molecule has 174 valence electrons. The molecular formula is C27H35N5O. The van der Waals surface area contributed by atoms with Gasteiger partial charge < -0.3 is 15.0 Å². The Bertz CT molecular complexity index is 1090. The fourth-order valence-corrected chi connectivity index (χ4v) is 4.34. The first kappa shape index (κ1) is 23.0. The normalized spacial score (nSPS) is 13.6. The Labute approximate surface area is 197 Å². The van der Waals surface area contributed by atoms with E-state index in [1.165, 1.54) is 25.0 Å². The maximum Gasteiger partial charge on any atom is 0.218 e. The second-order valence-electron chi connectivity index (χ2n) is 9.00. The van der Waals surface area contributed by atoms with Gasteiger partial charge in [0.05, 0.1) is 35.6 Å². The molecule has 0 amide bonds. The summed E-state index contributed by atoms with van der Waals surface area (Å²) >= 11 is 0. The fraction of sp³-hybridized carbons (Fsp3) is 0.444. The van der Waals surface area contributed by atoms with Gasteiger partial charge in [-0.25, -0.2) is 4.98 Å². The van der Waals surface area contributed by atoms with E-state index >= 15 is 0 Å². The number of pyridine rings is 3. The van der Waals surface area contributed by atoms with E-state index in [4.69, 9.17) is 14.7 Å². The summed E-state index contributed by atoms with van der Waals surface area (Å²) in [6.07, 6.45) is 8.23. The van der Waals surface area contributed by atoms with Gasteiger partial charge in [0.15, 0.2) is 0 Å². The fourth-order valence-electron chi connectivity index (χ4n) is 4.34. The van der Waals surface area contributed by atoms with Crippen LogP contribution >= 0.6 is 0 Å². The van der Waals surface area contributed by atoms with Crippen LogP contribution in [0.25, 0.3) is 11.3 Å². The molecule has 6 nitrogen and oxygen atoms in total. The lowest BCUT2D eigenvalue weighted by Gasteiger charge is -2.30. The third-order valence-electron chi connectivity index (χ3n) is 6.65. The predicted molar refractivity (Wildman–Crippen MR) is 135 cm³/mol. The van der Waals surface area contributed by atoms with Crippen LogP contribution in [0.15, 0.2) is 42.7 Å². The van der Waals surface area contributed by atoms with Crippen molar-refractivity contribution in [3.63, 3.8) is 0 Å². The highest BCUT2D eigenvalue weighted by molar-refractivity contribution is 5.79. The van der Waals surface area contributed by atoms with E-state index < -0.39 is 0 Å². The molecule has 0 aliphatic heterocycles. The van der Waals surface area contributed by atoms with Gasteiger partial charge in [0, 0.05) is 49.1 Å². The summed E-state index contributed by atoms with van der Waals surface area (Å²) in [7, 11) is 3.80. The summed E-state index contributed by atoms with van der Waals surface area (Å²) in [4.78, 5) is 16.6. The van der Waals surface area contributed by atoms with Gasteiger partial charge in [-0.3, -0.25) is 9.97 Å². The number of ether oxygens (including phenoxy) is 1. The summed E-state index contributed by atoms with van der Waals surface area (Å²) in [6, 6.07) is 10.7. The van der Waals surface area contributed by atoms with Crippen molar-refractivity contribution in [2.45, 2.75) is 65.0 Å². The Kier molecular flexibility index (Phi) is 7.11. The molecule has 0 unspecified atom stereocenters. The van der Waals surface area contributed by atoms with Crippen molar-refractivity contribution in [1.29, 1.82) is 0 Å². The van der Waals surface area contributed by atoms with E-state index in [2.05, 4.69) is 55.2 Å². The van der Waals surface area contributed by atoms with Gasteiger partial charge in [0.2, 0.25) is 5.88 Å². The van der Waals surface area contributed by atoms with Crippen LogP contribution < -0.4 is 15.0 Å². The van der Waals surface area contributed by atoms with Gasteiger partial charge in [-0.15, -0.1) is 0 Å². The van der Waals surface area contributed by atoms with E-state index in [0.717, 1.165) is 40.3 Å². The number of rotatable bonds is 9. The molecular weight excluding hydrogens is 410 g/mol. The first-order valence-electron chi connectivity index (χ1n) is 12.0. The topological polar surface area (TPSA) is 63.2 Å². The molecule has 0 bridgehead atoms. The zero-order chi connectivity index (χ0) is 23.4. The molecule has 0 spiro atoms. The Hall–Kier alpha value is -3.15. The average Bonchev–Trinajstić information content (AvgIpc) is 2.81. The van der Waals surface area contributed by atoms with Gasteiger partial charge in [0.1, 0.15) is 0 Å². The van der Waals surface area contributed by atoms with Crippen molar-refractivity contribution >= 4 is 11.4 Å². The van der Waals surface area contributed by atoms with Crippen LogP contribution in [0.4, 0.5) is 11.4 Å². The van der Waals surface area contributed by atoms with Gasteiger partial charge in [-0.1, -0.05) is 19.4 Å². The summed E-state index contributed by atoms with van der Waals surface area (Å²) < 4.78 is 5.47. The summed E-state index contributed by atoms with van der Waals surface area (Å²) in [6.45, 7) is 7.20. The van der Waals surface area contributed by atoms with Crippen LogP contribution in [0.5, 0.6) is 5.88 Å². The summed E-state index contributed by atoms with van der Waals surface area (Å²) in [5.41, 5.74) is 7.65. The molecule has 0 radical (unpaired) electrons. The van der Waals surface area contributed by atoms with Crippen molar-refractivity contribution in [3.8, 4) is 17.1 Å². The smallest absolute Gasteiger partial charge is 0.218 e. The molecule has 1 N–H and O–H groups in total. The summed E-state index contributed by atoms with van der Waals surface area (Å²) in [5, 5.41) is 3.68. The monoisotopic (exact) mass is 445 g/mol. The maximum absolute atomic E-state index is 5.47. The quantitative estimate of drug-likeness (QED) is 0.447. The molecule has 3 heterocycles. The van der Waals surface area contributed by atoms with Crippen molar-refractivity contribution in [3.05, 3.63) is 59.7 Å². The minimum absolute atomic E-state index is 0.348. The van der Waals surface area contributed by atoms with Crippen molar-refractivity contribution in [2.75, 3.05) is 24.4 Å². The molecule has 4 rings (SSSR count). The standard InChI is InChI=1S/C27H35N5O/c1-6-22-26(32(4)18(2)3)24(30-17-20-12-8-15-29-27(20)33-5)16-23(31-22)21-13-9-14-28-25(21)19-10-7-11-19/h8-9,12-16,18-19H,6-7,10-11,17H2,1-5H3,(H,30,31). The van der Waals surface area contributed by atoms with Crippen LogP contribution in [-0.2, 0) is 13.0 Å². The number of hydrogen-bond acceptors (Lipinski definition) is 6. The van der Waals surface area contributed by atoms with Gasteiger partial charge in [0.25, 0.3) is 0 Å². The highest BCUT2D eigenvalue weighted by atomic mass is 16.5.